The molecule has 0 radical (unpaired) electrons. The van der Waals surface area contributed by atoms with Gasteiger partial charge in [0, 0.05) is 12.2 Å². The van der Waals surface area contributed by atoms with Gasteiger partial charge >= 0.3 is 0 Å². The molecule has 0 aliphatic rings. The first-order chi connectivity index (χ1) is 10.6. The van der Waals surface area contributed by atoms with E-state index < -0.39 is 0 Å². The van der Waals surface area contributed by atoms with Crippen molar-refractivity contribution in [3.63, 3.8) is 0 Å². The minimum absolute atomic E-state index is 0.0916. The number of hydrogen-bond donors (Lipinski definition) is 2. The highest BCUT2D eigenvalue weighted by molar-refractivity contribution is 6.32. The van der Waals surface area contributed by atoms with Crippen LogP contribution in [0.3, 0.4) is 0 Å². The van der Waals surface area contributed by atoms with E-state index in [1.165, 1.54) is 7.11 Å². The second kappa shape index (κ2) is 7.68. The lowest BCUT2D eigenvalue weighted by atomic mass is 10.2. The summed E-state index contributed by atoms with van der Waals surface area (Å²) in [6.07, 6.45) is 0. The number of methoxy groups -OCH3 is 1. The summed E-state index contributed by atoms with van der Waals surface area (Å²) in [5.74, 6) is 0.889. The maximum Gasteiger partial charge on any atom is 0.262 e. The fraction of sp³-hybridized carbons (Fsp3) is 0.188. The van der Waals surface area contributed by atoms with Gasteiger partial charge in [-0.1, -0.05) is 23.7 Å². The largest absolute Gasteiger partial charge is 0.495 e. The van der Waals surface area contributed by atoms with Crippen LogP contribution in [0.4, 0.5) is 5.69 Å². The van der Waals surface area contributed by atoms with Crippen molar-refractivity contribution in [2.45, 2.75) is 6.54 Å². The summed E-state index contributed by atoms with van der Waals surface area (Å²) in [5.41, 5.74) is 7.10. The van der Waals surface area contributed by atoms with E-state index in [0.717, 1.165) is 5.56 Å². The number of halogens is 1. The average Bonchev–Trinajstić information content (AvgIpc) is 2.53. The molecule has 0 saturated heterocycles. The molecule has 0 aliphatic heterocycles. The summed E-state index contributed by atoms with van der Waals surface area (Å²) < 4.78 is 10.5. The Kier molecular flexibility index (Phi) is 5.63. The second-order valence-electron chi connectivity index (χ2n) is 4.53. The highest BCUT2D eigenvalue weighted by atomic mass is 35.5. The predicted molar refractivity (Wildman–Crippen MR) is 86.5 cm³/mol. The molecule has 0 fully saturated rings. The first-order valence-corrected chi connectivity index (χ1v) is 7.05. The molecule has 0 bridgehead atoms. The number of anilines is 1. The Morgan fingerprint density at radius 2 is 1.95 bits per heavy atom. The van der Waals surface area contributed by atoms with Crippen LogP contribution in [0.1, 0.15) is 5.56 Å². The van der Waals surface area contributed by atoms with Crippen molar-refractivity contribution in [1.29, 1.82) is 0 Å². The van der Waals surface area contributed by atoms with E-state index >= 15 is 0 Å². The summed E-state index contributed by atoms with van der Waals surface area (Å²) in [4.78, 5) is 11.8. The van der Waals surface area contributed by atoms with Crippen molar-refractivity contribution in [3.05, 3.63) is 53.1 Å². The molecule has 0 aromatic heterocycles. The van der Waals surface area contributed by atoms with Gasteiger partial charge in [-0.25, -0.2) is 0 Å². The molecule has 116 valence electrons. The van der Waals surface area contributed by atoms with Crippen LogP contribution in [-0.2, 0) is 11.3 Å². The van der Waals surface area contributed by atoms with E-state index in [1.807, 2.05) is 12.1 Å². The lowest BCUT2D eigenvalue weighted by molar-refractivity contribution is -0.118. The summed E-state index contributed by atoms with van der Waals surface area (Å²) in [6, 6.07) is 12.3. The molecule has 2 rings (SSSR count). The van der Waals surface area contributed by atoms with E-state index in [0.29, 0.717) is 28.8 Å². The minimum atomic E-state index is -0.274. The molecular weight excluding hydrogens is 304 g/mol. The zero-order chi connectivity index (χ0) is 15.9. The highest BCUT2D eigenvalue weighted by Gasteiger charge is 2.06. The molecule has 2 aromatic rings. The number of ether oxygens (including phenoxy) is 2. The van der Waals surface area contributed by atoms with Gasteiger partial charge in [-0.3, -0.25) is 4.79 Å². The zero-order valence-electron chi connectivity index (χ0n) is 12.1. The number of carbonyl (C=O) groups excluding carboxylic acids is 1. The van der Waals surface area contributed by atoms with Gasteiger partial charge in [0.2, 0.25) is 0 Å². The van der Waals surface area contributed by atoms with Gasteiger partial charge in [0.15, 0.2) is 6.61 Å². The molecule has 0 aliphatic carbocycles. The Bertz CT molecular complexity index is 644. The molecule has 3 N–H and O–H groups in total. The molecule has 0 unspecified atom stereocenters. The lowest BCUT2D eigenvalue weighted by Gasteiger charge is -2.09. The van der Waals surface area contributed by atoms with Crippen LogP contribution < -0.4 is 20.5 Å². The maximum absolute atomic E-state index is 11.8. The molecule has 6 heteroatoms. The lowest BCUT2D eigenvalue weighted by Crippen LogP contribution is -2.20. The minimum Gasteiger partial charge on any atom is -0.495 e. The highest BCUT2D eigenvalue weighted by Crippen LogP contribution is 2.27. The number of hydrogen-bond acceptors (Lipinski definition) is 4. The third-order valence-corrected chi connectivity index (χ3v) is 3.26. The molecule has 0 spiro atoms. The van der Waals surface area contributed by atoms with Gasteiger partial charge in [0.05, 0.1) is 12.1 Å². The van der Waals surface area contributed by atoms with Gasteiger partial charge in [-0.05, 0) is 35.9 Å². The number of amides is 1. The van der Waals surface area contributed by atoms with Crippen molar-refractivity contribution in [3.8, 4) is 11.5 Å². The standard InChI is InChI=1S/C16H17ClN2O3/c1-21-15-7-4-12(8-14(15)17)19-16(20)10-22-13-5-2-11(9-18)3-6-13/h2-8H,9-10,18H2,1H3,(H,19,20). The van der Waals surface area contributed by atoms with E-state index in [4.69, 9.17) is 26.8 Å². The average molecular weight is 321 g/mol. The molecule has 5 nitrogen and oxygen atoms in total. The first-order valence-electron chi connectivity index (χ1n) is 6.67. The fourth-order valence-electron chi connectivity index (χ4n) is 1.81. The molecule has 22 heavy (non-hydrogen) atoms. The van der Waals surface area contributed by atoms with E-state index in [1.54, 1.807) is 30.3 Å². The van der Waals surface area contributed by atoms with E-state index in [9.17, 15) is 4.79 Å². The molecule has 1 amide bonds. The molecule has 0 heterocycles. The third-order valence-electron chi connectivity index (χ3n) is 2.96. The first kappa shape index (κ1) is 16.1. The monoisotopic (exact) mass is 320 g/mol. The van der Waals surface area contributed by atoms with Crippen LogP contribution in [0.5, 0.6) is 11.5 Å². The summed E-state index contributed by atoms with van der Waals surface area (Å²) >= 11 is 6.00. The van der Waals surface area contributed by atoms with Crippen LogP contribution in [0.25, 0.3) is 0 Å². The Balaban J connectivity index is 1.88. The number of benzene rings is 2. The normalized spacial score (nSPS) is 10.1. The Labute approximate surface area is 134 Å². The summed E-state index contributed by atoms with van der Waals surface area (Å²) in [6.45, 7) is 0.380. The number of nitrogens with two attached hydrogens (primary N) is 1. The van der Waals surface area contributed by atoms with Crippen LogP contribution in [0, 0.1) is 0 Å². The Morgan fingerprint density at radius 3 is 2.55 bits per heavy atom. The predicted octanol–water partition coefficient (Wildman–Crippen LogP) is 2.82. The molecule has 0 saturated carbocycles. The van der Waals surface area contributed by atoms with Gasteiger partial charge < -0.3 is 20.5 Å². The molecular formula is C16H17ClN2O3. The topological polar surface area (TPSA) is 73.6 Å². The van der Waals surface area contributed by atoms with Gasteiger partial charge in [-0.15, -0.1) is 0 Å². The van der Waals surface area contributed by atoms with E-state index in [2.05, 4.69) is 5.32 Å². The third kappa shape index (κ3) is 4.38. The quantitative estimate of drug-likeness (QED) is 0.858. The van der Waals surface area contributed by atoms with Crippen LogP contribution in [0.15, 0.2) is 42.5 Å². The van der Waals surface area contributed by atoms with Gasteiger partial charge in [0.1, 0.15) is 11.5 Å². The van der Waals surface area contributed by atoms with Crippen molar-refractivity contribution in [2.24, 2.45) is 5.73 Å². The van der Waals surface area contributed by atoms with E-state index in [-0.39, 0.29) is 12.5 Å². The number of rotatable bonds is 6. The van der Waals surface area contributed by atoms with Crippen LogP contribution in [-0.4, -0.2) is 19.6 Å². The Morgan fingerprint density at radius 1 is 1.23 bits per heavy atom. The zero-order valence-corrected chi connectivity index (χ0v) is 12.9. The van der Waals surface area contributed by atoms with Crippen LogP contribution in [0.2, 0.25) is 5.02 Å². The SMILES string of the molecule is COc1ccc(NC(=O)COc2ccc(CN)cc2)cc1Cl. The molecule has 0 atom stereocenters. The molecule has 2 aromatic carbocycles. The van der Waals surface area contributed by atoms with Crippen LogP contribution >= 0.6 is 11.6 Å². The van der Waals surface area contributed by atoms with Crippen molar-refractivity contribution < 1.29 is 14.3 Å². The second-order valence-corrected chi connectivity index (χ2v) is 4.94. The van der Waals surface area contributed by atoms with Gasteiger partial charge in [0.25, 0.3) is 5.91 Å². The fourth-order valence-corrected chi connectivity index (χ4v) is 2.07. The number of nitrogens with one attached hydrogen (secondary N) is 1. The van der Waals surface area contributed by atoms with Crippen molar-refractivity contribution in [1.82, 2.24) is 0 Å². The Hall–Kier alpha value is -2.24. The number of carbonyl (C=O) groups is 1. The maximum atomic E-state index is 11.8. The smallest absolute Gasteiger partial charge is 0.262 e. The summed E-state index contributed by atoms with van der Waals surface area (Å²) in [7, 11) is 1.53. The summed E-state index contributed by atoms with van der Waals surface area (Å²) in [5, 5.41) is 3.13. The van der Waals surface area contributed by atoms with Gasteiger partial charge in [-0.2, -0.15) is 0 Å². The van der Waals surface area contributed by atoms with Crippen molar-refractivity contribution in [2.75, 3.05) is 19.0 Å². The van der Waals surface area contributed by atoms with Crippen molar-refractivity contribution >= 4 is 23.2 Å².